The molecule has 0 saturated carbocycles. The SMILES string of the molecule is Cc1cc([N+](=O)[O-])ccc1N=Cc1ccc([N+](=O)[O-])s1. The van der Waals surface area contributed by atoms with Gasteiger partial charge in [0.05, 0.1) is 20.4 Å². The third-order valence-electron chi connectivity index (χ3n) is 2.51. The molecule has 7 nitrogen and oxygen atoms in total. The number of rotatable bonds is 4. The molecule has 0 bridgehead atoms. The quantitative estimate of drug-likeness (QED) is 0.488. The Morgan fingerprint density at radius 2 is 1.90 bits per heavy atom. The van der Waals surface area contributed by atoms with Gasteiger partial charge in [-0.1, -0.05) is 11.3 Å². The summed E-state index contributed by atoms with van der Waals surface area (Å²) in [5.41, 5.74) is 1.27. The number of thiophene rings is 1. The van der Waals surface area contributed by atoms with Crippen LogP contribution >= 0.6 is 11.3 Å². The van der Waals surface area contributed by atoms with Gasteiger partial charge < -0.3 is 0 Å². The molecule has 2 rings (SSSR count). The lowest BCUT2D eigenvalue weighted by Gasteiger charge is -1.98. The Bertz CT molecular complexity index is 708. The smallest absolute Gasteiger partial charge is 0.258 e. The lowest BCUT2D eigenvalue weighted by molar-refractivity contribution is -0.384. The van der Waals surface area contributed by atoms with Gasteiger partial charge in [-0.2, -0.15) is 0 Å². The van der Waals surface area contributed by atoms with Crippen LogP contribution in [0.3, 0.4) is 0 Å². The van der Waals surface area contributed by atoms with E-state index >= 15 is 0 Å². The second kappa shape index (κ2) is 5.57. The number of hydrogen-bond donors (Lipinski definition) is 0. The van der Waals surface area contributed by atoms with E-state index < -0.39 is 9.85 Å². The van der Waals surface area contributed by atoms with E-state index in [4.69, 9.17) is 0 Å². The normalized spacial score (nSPS) is 10.8. The van der Waals surface area contributed by atoms with E-state index in [2.05, 4.69) is 4.99 Å². The maximum atomic E-state index is 10.6. The van der Waals surface area contributed by atoms with Gasteiger partial charge >= 0.3 is 5.00 Å². The van der Waals surface area contributed by atoms with Gasteiger partial charge in [-0.25, -0.2) is 0 Å². The highest BCUT2D eigenvalue weighted by atomic mass is 32.1. The minimum absolute atomic E-state index is 0.00760. The lowest BCUT2D eigenvalue weighted by Crippen LogP contribution is -1.88. The number of non-ortho nitro benzene ring substituents is 1. The first-order chi connectivity index (χ1) is 9.47. The summed E-state index contributed by atoms with van der Waals surface area (Å²) in [5.74, 6) is 0. The van der Waals surface area contributed by atoms with Crippen molar-refractivity contribution in [3.8, 4) is 0 Å². The predicted octanol–water partition coefficient (Wildman–Crippen LogP) is 3.62. The molecule has 0 aliphatic carbocycles. The second-order valence-corrected chi connectivity index (χ2v) is 5.01. The molecule has 0 aliphatic heterocycles. The molecule has 0 saturated heterocycles. The van der Waals surface area contributed by atoms with Gasteiger partial charge in [0, 0.05) is 24.4 Å². The third-order valence-corrected chi connectivity index (χ3v) is 3.49. The predicted molar refractivity (Wildman–Crippen MR) is 76.1 cm³/mol. The molecule has 20 heavy (non-hydrogen) atoms. The Morgan fingerprint density at radius 3 is 2.45 bits per heavy atom. The molecule has 1 aromatic heterocycles. The summed E-state index contributed by atoms with van der Waals surface area (Å²) < 4.78 is 0. The summed E-state index contributed by atoms with van der Waals surface area (Å²) in [6.07, 6.45) is 1.51. The van der Waals surface area contributed by atoms with Gasteiger partial charge in [-0.05, 0) is 24.6 Å². The maximum absolute atomic E-state index is 10.6. The zero-order chi connectivity index (χ0) is 14.7. The largest absolute Gasteiger partial charge is 0.324 e. The Kier molecular flexibility index (Phi) is 3.85. The molecule has 8 heteroatoms. The number of nitro groups is 2. The van der Waals surface area contributed by atoms with Gasteiger partial charge in [0.2, 0.25) is 0 Å². The van der Waals surface area contributed by atoms with Crippen molar-refractivity contribution < 1.29 is 9.85 Å². The number of aliphatic imine (C=N–C) groups is 1. The molecule has 0 atom stereocenters. The van der Waals surface area contributed by atoms with E-state index in [0.29, 0.717) is 16.1 Å². The van der Waals surface area contributed by atoms with Crippen molar-refractivity contribution >= 4 is 33.9 Å². The van der Waals surface area contributed by atoms with E-state index in [1.165, 1.54) is 24.4 Å². The molecule has 0 aliphatic rings. The fourth-order valence-corrected chi connectivity index (χ4v) is 2.23. The first-order valence-electron chi connectivity index (χ1n) is 5.50. The zero-order valence-corrected chi connectivity index (χ0v) is 11.2. The van der Waals surface area contributed by atoms with E-state index in [1.807, 2.05) is 0 Å². The fraction of sp³-hybridized carbons (Fsp3) is 0.0833. The summed E-state index contributed by atoms with van der Waals surface area (Å²) in [5, 5.41) is 21.2. The van der Waals surface area contributed by atoms with Crippen LogP contribution in [-0.2, 0) is 0 Å². The van der Waals surface area contributed by atoms with E-state index in [0.717, 1.165) is 11.3 Å². The van der Waals surface area contributed by atoms with Gasteiger partial charge in [-0.3, -0.25) is 25.2 Å². The highest BCUT2D eigenvalue weighted by Gasteiger charge is 2.09. The van der Waals surface area contributed by atoms with Crippen LogP contribution in [0.1, 0.15) is 10.4 Å². The monoisotopic (exact) mass is 291 g/mol. The van der Waals surface area contributed by atoms with Crippen molar-refractivity contribution in [2.75, 3.05) is 0 Å². The number of benzene rings is 1. The number of aryl methyl sites for hydroxylation is 1. The van der Waals surface area contributed by atoms with Crippen LogP contribution in [0.15, 0.2) is 35.3 Å². The van der Waals surface area contributed by atoms with Gasteiger partial charge in [0.25, 0.3) is 5.69 Å². The van der Waals surface area contributed by atoms with Crippen molar-refractivity contribution in [3.05, 3.63) is 61.0 Å². The summed E-state index contributed by atoms with van der Waals surface area (Å²) in [7, 11) is 0. The van der Waals surface area contributed by atoms with Crippen molar-refractivity contribution in [1.82, 2.24) is 0 Å². The van der Waals surface area contributed by atoms with Crippen LogP contribution in [0.25, 0.3) is 0 Å². The maximum Gasteiger partial charge on any atom is 0.324 e. The number of nitrogens with zero attached hydrogens (tertiary/aromatic N) is 3. The standard InChI is InChI=1S/C12H9N3O4S/c1-8-6-9(14(16)17)2-4-11(8)13-7-10-3-5-12(20-10)15(18)19/h2-7H,1H3. The molecule has 1 aromatic carbocycles. The minimum atomic E-state index is -0.469. The third kappa shape index (κ3) is 3.04. The van der Waals surface area contributed by atoms with Crippen LogP contribution in [-0.4, -0.2) is 16.1 Å². The van der Waals surface area contributed by atoms with Gasteiger partial charge in [-0.15, -0.1) is 0 Å². The molecule has 0 amide bonds. The number of nitro benzene ring substituents is 1. The van der Waals surface area contributed by atoms with Crippen LogP contribution in [0.2, 0.25) is 0 Å². The zero-order valence-electron chi connectivity index (χ0n) is 10.3. The van der Waals surface area contributed by atoms with E-state index in [1.54, 1.807) is 19.1 Å². The first kappa shape index (κ1) is 13.8. The summed E-state index contributed by atoms with van der Waals surface area (Å²) >= 11 is 1.02. The average Bonchev–Trinajstić information content (AvgIpc) is 2.86. The van der Waals surface area contributed by atoms with Crippen LogP contribution in [0.5, 0.6) is 0 Å². The Hall–Kier alpha value is -2.61. The number of hydrogen-bond acceptors (Lipinski definition) is 6. The highest BCUT2D eigenvalue weighted by Crippen LogP contribution is 2.26. The highest BCUT2D eigenvalue weighted by molar-refractivity contribution is 7.16. The molecule has 2 aromatic rings. The van der Waals surface area contributed by atoms with E-state index in [-0.39, 0.29) is 10.7 Å². The van der Waals surface area contributed by atoms with Crippen LogP contribution in [0.4, 0.5) is 16.4 Å². The summed E-state index contributed by atoms with van der Waals surface area (Å²) in [4.78, 5) is 25.1. The Morgan fingerprint density at radius 1 is 1.15 bits per heavy atom. The molecule has 1 heterocycles. The summed E-state index contributed by atoms with van der Waals surface area (Å²) in [6, 6.07) is 7.37. The Labute approximate surface area is 117 Å². The lowest BCUT2D eigenvalue weighted by atomic mass is 10.2. The molecule has 0 spiro atoms. The van der Waals surface area contributed by atoms with Crippen molar-refractivity contribution in [3.63, 3.8) is 0 Å². The molecule has 0 N–H and O–H groups in total. The van der Waals surface area contributed by atoms with Crippen LogP contribution in [0, 0.1) is 27.2 Å². The molecule has 102 valence electrons. The summed E-state index contributed by atoms with van der Waals surface area (Å²) in [6.45, 7) is 1.72. The topological polar surface area (TPSA) is 98.6 Å². The van der Waals surface area contributed by atoms with E-state index in [9.17, 15) is 20.2 Å². The second-order valence-electron chi connectivity index (χ2n) is 3.92. The van der Waals surface area contributed by atoms with Gasteiger partial charge in [0.15, 0.2) is 0 Å². The molecule has 0 radical (unpaired) electrons. The first-order valence-corrected chi connectivity index (χ1v) is 6.32. The fourth-order valence-electron chi connectivity index (χ4n) is 1.54. The van der Waals surface area contributed by atoms with Crippen molar-refractivity contribution in [2.24, 2.45) is 4.99 Å². The minimum Gasteiger partial charge on any atom is -0.258 e. The average molecular weight is 291 g/mol. The van der Waals surface area contributed by atoms with Crippen molar-refractivity contribution in [1.29, 1.82) is 0 Å². The molecular formula is C12H9N3O4S. The van der Waals surface area contributed by atoms with Gasteiger partial charge in [0.1, 0.15) is 0 Å². The molecular weight excluding hydrogens is 282 g/mol. The molecule has 0 fully saturated rings. The van der Waals surface area contributed by atoms with Crippen LogP contribution < -0.4 is 0 Å². The Balaban J connectivity index is 2.22. The molecule has 0 unspecified atom stereocenters. The van der Waals surface area contributed by atoms with Crippen molar-refractivity contribution in [2.45, 2.75) is 6.92 Å².